The highest BCUT2D eigenvalue weighted by Gasteiger charge is 2.36. The first-order valence-corrected chi connectivity index (χ1v) is 11.1. The zero-order valence-electron chi connectivity index (χ0n) is 17.5. The lowest BCUT2D eigenvalue weighted by Gasteiger charge is -2.39. The normalized spacial score (nSPS) is 17.0. The Morgan fingerprint density at radius 3 is 2.65 bits per heavy atom. The number of piperidine rings is 1. The lowest BCUT2D eigenvalue weighted by molar-refractivity contribution is -0.138. The van der Waals surface area contributed by atoms with Crippen LogP contribution in [-0.2, 0) is 4.79 Å². The fourth-order valence-electron chi connectivity index (χ4n) is 4.26. The van der Waals surface area contributed by atoms with Gasteiger partial charge >= 0.3 is 0 Å². The standard InChI is InChI=1S/C22H27N5O3S/c1-2-3-9-22(30)10-12-26(13-11-22)20(29)17(15-7-5-4-6-8-15)27-14-23-18-16(21(27)31)19(28)25-24-18/h4-8,14,17,30H,2-3,9-13H2,1H3,(H2,24,25,28). The summed E-state index contributed by atoms with van der Waals surface area (Å²) in [4.78, 5) is 32.0. The second-order valence-electron chi connectivity index (χ2n) is 8.23. The van der Waals surface area contributed by atoms with Crippen LogP contribution in [0.2, 0.25) is 0 Å². The molecule has 0 radical (unpaired) electrons. The van der Waals surface area contributed by atoms with Gasteiger partial charge in [-0.15, -0.1) is 0 Å². The van der Waals surface area contributed by atoms with E-state index in [4.69, 9.17) is 12.2 Å². The van der Waals surface area contributed by atoms with Gasteiger partial charge in [-0.25, -0.2) is 4.98 Å². The Kier molecular flexibility index (Phi) is 6.06. The number of benzene rings is 1. The lowest BCUT2D eigenvalue weighted by atomic mass is 9.86. The summed E-state index contributed by atoms with van der Waals surface area (Å²) in [5.74, 6) is -0.118. The predicted octanol–water partition coefficient (Wildman–Crippen LogP) is 2.92. The molecular formula is C22H27N5O3S. The van der Waals surface area contributed by atoms with Crippen molar-refractivity contribution in [1.82, 2.24) is 24.6 Å². The maximum Gasteiger partial charge on any atom is 0.276 e. The van der Waals surface area contributed by atoms with Crippen molar-refractivity contribution in [2.75, 3.05) is 13.1 Å². The fourth-order valence-corrected chi connectivity index (χ4v) is 4.60. The number of aromatic amines is 2. The maximum atomic E-state index is 13.7. The Hall–Kier alpha value is -2.78. The summed E-state index contributed by atoms with van der Waals surface area (Å²) in [5, 5.41) is 16.3. The Balaban J connectivity index is 1.69. The van der Waals surface area contributed by atoms with Crippen LogP contribution in [0.5, 0.6) is 0 Å². The first-order valence-electron chi connectivity index (χ1n) is 10.7. The molecule has 1 fully saturated rings. The van der Waals surface area contributed by atoms with Gasteiger partial charge in [-0.1, -0.05) is 62.3 Å². The predicted molar refractivity (Wildman–Crippen MR) is 120 cm³/mol. The number of unbranched alkanes of at least 4 members (excludes halogenated alkanes) is 1. The number of amides is 1. The molecule has 0 bridgehead atoms. The van der Waals surface area contributed by atoms with Gasteiger partial charge in [0.2, 0.25) is 5.91 Å². The number of rotatable bonds is 6. The van der Waals surface area contributed by atoms with Crippen LogP contribution < -0.4 is 5.56 Å². The van der Waals surface area contributed by atoms with Gasteiger partial charge in [-0.2, -0.15) is 0 Å². The van der Waals surface area contributed by atoms with Gasteiger partial charge in [0, 0.05) is 13.1 Å². The van der Waals surface area contributed by atoms with Crippen LogP contribution in [0.3, 0.4) is 0 Å². The van der Waals surface area contributed by atoms with Crippen molar-refractivity contribution in [3.8, 4) is 0 Å². The minimum Gasteiger partial charge on any atom is -0.390 e. The van der Waals surface area contributed by atoms with Crippen molar-refractivity contribution in [2.45, 2.75) is 50.7 Å². The summed E-state index contributed by atoms with van der Waals surface area (Å²) in [6.07, 6.45) is 5.39. The molecule has 1 saturated heterocycles. The molecule has 31 heavy (non-hydrogen) atoms. The van der Waals surface area contributed by atoms with E-state index in [2.05, 4.69) is 22.1 Å². The minimum atomic E-state index is -0.735. The smallest absolute Gasteiger partial charge is 0.276 e. The van der Waals surface area contributed by atoms with Gasteiger partial charge in [0.05, 0.1) is 11.9 Å². The molecule has 2 aromatic heterocycles. The summed E-state index contributed by atoms with van der Waals surface area (Å²) in [6.45, 7) is 3.07. The molecule has 0 saturated carbocycles. The number of hydrogen-bond acceptors (Lipinski definition) is 5. The van der Waals surface area contributed by atoms with Gasteiger partial charge in [-0.3, -0.25) is 19.8 Å². The lowest BCUT2D eigenvalue weighted by Crippen LogP contribution is -2.48. The molecule has 9 heteroatoms. The van der Waals surface area contributed by atoms with Crippen molar-refractivity contribution in [1.29, 1.82) is 0 Å². The summed E-state index contributed by atoms with van der Waals surface area (Å²) >= 11 is 5.59. The van der Waals surface area contributed by atoms with E-state index in [1.807, 2.05) is 30.3 Å². The van der Waals surface area contributed by atoms with Gasteiger partial charge in [0.25, 0.3) is 5.56 Å². The largest absolute Gasteiger partial charge is 0.390 e. The van der Waals surface area contributed by atoms with E-state index in [9.17, 15) is 14.7 Å². The molecule has 3 heterocycles. The topological polar surface area (TPSA) is 107 Å². The van der Waals surface area contributed by atoms with E-state index >= 15 is 0 Å². The zero-order chi connectivity index (χ0) is 22.0. The molecular weight excluding hydrogens is 414 g/mol. The van der Waals surface area contributed by atoms with Crippen LogP contribution in [0.15, 0.2) is 41.5 Å². The number of aliphatic hydroxyl groups is 1. The Morgan fingerprint density at radius 2 is 1.97 bits per heavy atom. The SMILES string of the molecule is CCCCC1(O)CCN(C(=O)C(c2ccccc2)n2cnc3[nH][nH]c(=O)c3c2=S)CC1. The molecule has 1 unspecified atom stereocenters. The summed E-state index contributed by atoms with van der Waals surface area (Å²) < 4.78 is 1.85. The summed E-state index contributed by atoms with van der Waals surface area (Å²) in [7, 11) is 0. The van der Waals surface area contributed by atoms with Crippen molar-refractivity contribution >= 4 is 29.2 Å². The minimum absolute atomic E-state index is 0.118. The van der Waals surface area contributed by atoms with Crippen LogP contribution in [0, 0.1) is 4.64 Å². The second-order valence-corrected chi connectivity index (χ2v) is 8.61. The first-order chi connectivity index (χ1) is 14.9. The highest BCUT2D eigenvalue weighted by atomic mass is 32.1. The summed E-state index contributed by atoms with van der Waals surface area (Å²) in [6, 6.07) is 8.63. The third-order valence-electron chi connectivity index (χ3n) is 6.15. The Labute approximate surface area is 184 Å². The number of carbonyl (C=O) groups excluding carboxylic acids is 1. The van der Waals surface area contributed by atoms with Gasteiger partial charge in [0.1, 0.15) is 16.1 Å². The van der Waals surface area contributed by atoms with Crippen LogP contribution >= 0.6 is 12.2 Å². The van der Waals surface area contributed by atoms with Crippen LogP contribution in [0.4, 0.5) is 0 Å². The molecule has 0 spiro atoms. The summed E-state index contributed by atoms with van der Waals surface area (Å²) in [5.41, 5.74) is 0.0672. The number of hydrogen-bond donors (Lipinski definition) is 3. The monoisotopic (exact) mass is 441 g/mol. The third-order valence-corrected chi connectivity index (χ3v) is 6.56. The molecule has 1 amide bonds. The average molecular weight is 442 g/mol. The number of nitrogens with one attached hydrogen (secondary N) is 2. The molecule has 1 aliphatic heterocycles. The molecule has 3 N–H and O–H groups in total. The molecule has 1 aromatic carbocycles. The average Bonchev–Trinajstić information content (AvgIpc) is 3.17. The fraction of sp³-hybridized carbons (Fsp3) is 0.455. The first kappa shape index (κ1) is 21.5. The number of nitrogens with zero attached hydrogens (tertiary/aromatic N) is 3. The van der Waals surface area contributed by atoms with E-state index in [1.54, 1.807) is 9.47 Å². The van der Waals surface area contributed by atoms with E-state index in [0.29, 0.717) is 31.6 Å². The molecule has 1 atom stereocenters. The number of carbonyl (C=O) groups is 1. The highest BCUT2D eigenvalue weighted by molar-refractivity contribution is 7.71. The second kappa shape index (κ2) is 8.76. The van der Waals surface area contributed by atoms with Crippen molar-refractivity contribution in [3.05, 3.63) is 57.2 Å². The third kappa shape index (κ3) is 4.20. The van der Waals surface area contributed by atoms with E-state index in [0.717, 1.165) is 24.8 Å². The van der Waals surface area contributed by atoms with Crippen molar-refractivity contribution in [3.63, 3.8) is 0 Å². The Bertz CT molecular complexity index is 1180. The van der Waals surface area contributed by atoms with Gasteiger partial charge in [-0.05, 0) is 24.8 Å². The number of H-pyrrole nitrogens is 2. The van der Waals surface area contributed by atoms with Crippen LogP contribution in [0.25, 0.3) is 11.0 Å². The number of likely N-dealkylation sites (tertiary alicyclic amines) is 1. The van der Waals surface area contributed by atoms with Gasteiger partial charge < -0.3 is 14.6 Å². The molecule has 1 aliphatic rings. The zero-order valence-corrected chi connectivity index (χ0v) is 18.3. The van der Waals surface area contributed by atoms with E-state index in [1.165, 1.54) is 6.33 Å². The van der Waals surface area contributed by atoms with E-state index < -0.39 is 11.6 Å². The van der Waals surface area contributed by atoms with E-state index in [-0.39, 0.29) is 21.5 Å². The van der Waals surface area contributed by atoms with Crippen molar-refractivity contribution in [2.24, 2.45) is 0 Å². The number of aromatic nitrogens is 4. The van der Waals surface area contributed by atoms with Gasteiger partial charge in [0.15, 0.2) is 5.65 Å². The Morgan fingerprint density at radius 1 is 1.26 bits per heavy atom. The van der Waals surface area contributed by atoms with Crippen molar-refractivity contribution < 1.29 is 9.90 Å². The molecule has 3 aromatic rings. The van der Waals surface area contributed by atoms with Crippen LogP contribution in [0.1, 0.15) is 50.6 Å². The molecule has 4 rings (SSSR count). The maximum absolute atomic E-state index is 13.7. The molecule has 0 aliphatic carbocycles. The quantitative estimate of drug-likeness (QED) is 0.510. The number of fused-ring (bicyclic) bond motifs is 1. The highest BCUT2D eigenvalue weighted by Crippen LogP contribution is 2.30. The molecule has 164 valence electrons. The molecule has 8 nitrogen and oxygen atoms in total. The van der Waals surface area contributed by atoms with Crippen LogP contribution in [-0.4, -0.2) is 54.4 Å².